The van der Waals surface area contributed by atoms with Gasteiger partial charge in [-0.05, 0) is 81.6 Å². The van der Waals surface area contributed by atoms with Gasteiger partial charge < -0.3 is 15.3 Å². The lowest BCUT2D eigenvalue weighted by atomic mass is 9.85. The Balaban J connectivity index is 1.76. The van der Waals surface area contributed by atoms with Crippen LogP contribution < -0.4 is 5.32 Å². The molecule has 0 saturated heterocycles. The van der Waals surface area contributed by atoms with Gasteiger partial charge in [0.25, 0.3) is 0 Å². The number of phenols is 1. The number of Topliss-reactive ketones (excluding diaryl/α,β-unsaturated/α-hetero) is 1. The number of phenolic OH excluding ortho intramolecular Hbond substituents is 1. The van der Waals surface area contributed by atoms with Crippen molar-refractivity contribution in [3.05, 3.63) is 52.1 Å². The summed E-state index contributed by atoms with van der Waals surface area (Å²) in [5.41, 5.74) is 3.90. The fourth-order valence-electron chi connectivity index (χ4n) is 4.84. The number of benzene rings is 2. The number of anilines is 1. The largest absolute Gasteiger partial charge is 0.505 e. The van der Waals surface area contributed by atoms with Gasteiger partial charge in [-0.25, -0.2) is 0 Å². The first-order valence-corrected chi connectivity index (χ1v) is 12.0. The molecule has 2 aromatic carbocycles. The number of ketones is 1. The standard InChI is InChI=1S/C26H29Cl2N3O2/c1-15(32)21-13-29-24-8-7-17(18-11-22(27)26(33)23(28)12-18)10-20(24)25(21)30-19-6-4-5-16(9-19)14-31(2)3/h7-8,10-13,16,19,33H,4-6,9,14H2,1-3H3,(H,29,30). The van der Waals surface area contributed by atoms with E-state index in [0.29, 0.717) is 17.5 Å². The van der Waals surface area contributed by atoms with E-state index in [1.807, 2.05) is 18.2 Å². The third-order valence-corrected chi connectivity index (χ3v) is 6.93. The molecular formula is C26H29Cl2N3O2. The Morgan fingerprint density at radius 1 is 1.15 bits per heavy atom. The van der Waals surface area contributed by atoms with Gasteiger partial charge in [-0.3, -0.25) is 9.78 Å². The van der Waals surface area contributed by atoms with Crippen molar-refractivity contribution >= 4 is 45.6 Å². The third-order valence-electron chi connectivity index (χ3n) is 6.35. The molecule has 0 bridgehead atoms. The quantitative estimate of drug-likeness (QED) is 0.382. The van der Waals surface area contributed by atoms with Gasteiger partial charge in [0.1, 0.15) is 0 Å². The first-order chi connectivity index (χ1) is 15.7. The Morgan fingerprint density at radius 3 is 2.55 bits per heavy atom. The molecule has 2 N–H and O–H groups in total. The number of fused-ring (bicyclic) bond motifs is 1. The minimum atomic E-state index is -0.129. The Kier molecular flexibility index (Phi) is 7.13. The zero-order valence-electron chi connectivity index (χ0n) is 19.2. The maximum atomic E-state index is 12.5. The molecule has 174 valence electrons. The first-order valence-electron chi connectivity index (χ1n) is 11.3. The third kappa shape index (κ3) is 5.26. The van der Waals surface area contributed by atoms with Gasteiger partial charge in [-0.1, -0.05) is 35.7 Å². The van der Waals surface area contributed by atoms with E-state index in [1.54, 1.807) is 25.3 Å². The molecule has 7 heteroatoms. The summed E-state index contributed by atoms with van der Waals surface area (Å²) in [4.78, 5) is 19.3. The molecule has 1 aliphatic carbocycles. The normalized spacial score (nSPS) is 18.6. The zero-order chi connectivity index (χ0) is 23.7. The van der Waals surface area contributed by atoms with Crippen LogP contribution in [0.2, 0.25) is 10.0 Å². The van der Waals surface area contributed by atoms with Crippen LogP contribution in [-0.2, 0) is 0 Å². The minimum Gasteiger partial charge on any atom is -0.505 e. The van der Waals surface area contributed by atoms with Crippen molar-refractivity contribution in [2.24, 2.45) is 5.92 Å². The van der Waals surface area contributed by atoms with E-state index in [4.69, 9.17) is 23.2 Å². The molecule has 33 heavy (non-hydrogen) atoms. The van der Waals surface area contributed by atoms with Crippen molar-refractivity contribution in [2.75, 3.05) is 26.0 Å². The topological polar surface area (TPSA) is 65.5 Å². The summed E-state index contributed by atoms with van der Waals surface area (Å²) in [5.74, 6) is 0.487. The minimum absolute atomic E-state index is 0.0197. The summed E-state index contributed by atoms with van der Waals surface area (Å²) in [5, 5.41) is 14.9. The Labute approximate surface area is 204 Å². The molecule has 1 saturated carbocycles. The molecule has 1 heterocycles. The van der Waals surface area contributed by atoms with E-state index in [1.165, 1.54) is 12.8 Å². The first kappa shape index (κ1) is 23.8. The highest BCUT2D eigenvalue weighted by Gasteiger charge is 2.24. The summed E-state index contributed by atoms with van der Waals surface area (Å²) >= 11 is 12.3. The van der Waals surface area contributed by atoms with Crippen LogP contribution in [0, 0.1) is 5.92 Å². The number of pyridine rings is 1. The average molecular weight is 486 g/mol. The maximum absolute atomic E-state index is 12.5. The number of carbonyl (C=O) groups excluding carboxylic acids is 1. The fraction of sp³-hybridized carbons (Fsp3) is 0.385. The molecule has 0 aliphatic heterocycles. The number of hydrogen-bond acceptors (Lipinski definition) is 5. The van der Waals surface area contributed by atoms with Crippen LogP contribution in [0.15, 0.2) is 36.5 Å². The second-order valence-electron chi connectivity index (χ2n) is 9.26. The summed E-state index contributed by atoms with van der Waals surface area (Å²) in [6.45, 7) is 2.65. The number of rotatable bonds is 6. The van der Waals surface area contributed by atoms with E-state index in [-0.39, 0.29) is 21.6 Å². The van der Waals surface area contributed by atoms with Crippen molar-refractivity contribution < 1.29 is 9.90 Å². The lowest BCUT2D eigenvalue weighted by Gasteiger charge is -2.32. The number of carbonyl (C=O) groups is 1. The molecule has 0 amide bonds. The Bertz CT molecular complexity index is 1170. The van der Waals surface area contributed by atoms with Crippen LogP contribution in [0.25, 0.3) is 22.0 Å². The number of hydrogen-bond donors (Lipinski definition) is 2. The van der Waals surface area contributed by atoms with E-state index >= 15 is 0 Å². The summed E-state index contributed by atoms with van der Waals surface area (Å²) in [7, 11) is 4.23. The number of aromatic nitrogens is 1. The van der Waals surface area contributed by atoms with Crippen molar-refractivity contribution in [3.63, 3.8) is 0 Å². The highest BCUT2D eigenvalue weighted by atomic mass is 35.5. The van der Waals surface area contributed by atoms with Gasteiger partial charge >= 0.3 is 0 Å². The maximum Gasteiger partial charge on any atom is 0.163 e. The lowest BCUT2D eigenvalue weighted by Crippen LogP contribution is -2.32. The van der Waals surface area contributed by atoms with Crippen LogP contribution in [0.3, 0.4) is 0 Å². The average Bonchev–Trinajstić information content (AvgIpc) is 2.76. The number of nitrogens with one attached hydrogen (secondary N) is 1. The molecule has 0 spiro atoms. The van der Waals surface area contributed by atoms with Crippen molar-refractivity contribution in [1.29, 1.82) is 0 Å². The molecule has 1 fully saturated rings. The van der Waals surface area contributed by atoms with E-state index in [0.717, 1.165) is 47.1 Å². The summed E-state index contributed by atoms with van der Waals surface area (Å²) in [6, 6.07) is 9.56. The van der Waals surface area contributed by atoms with E-state index in [9.17, 15) is 9.90 Å². The molecule has 2 unspecified atom stereocenters. The van der Waals surface area contributed by atoms with Crippen LogP contribution in [0.4, 0.5) is 5.69 Å². The molecule has 0 radical (unpaired) electrons. The van der Waals surface area contributed by atoms with Gasteiger partial charge in [0.2, 0.25) is 0 Å². The highest BCUT2D eigenvalue weighted by molar-refractivity contribution is 6.37. The molecule has 3 aromatic rings. The fourth-order valence-corrected chi connectivity index (χ4v) is 5.32. The predicted octanol–water partition coefficient (Wildman–Crippen LogP) is 6.65. The van der Waals surface area contributed by atoms with Gasteiger partial charge in [-0.2, -0.15) is 0 Å². The number of nitrogens with zero attached hydrogens (tertiary/aromatic N) is 2. The van der Waals surface area contributed by atoms with E-state index in [2.05, 4.69) is 29.3 Å². The number of halogens is 2. The highest BCUT2D eigenvalue weighted by Crippen LogP contribution is 2.38. The smallest absolute Gasteiger partial charge is 0.163 e. The van der Waals surface area contributed by atoms with Crippen LogP contribution >= 0.6 is 23.2 Å². The molecule has 2 atom stereocenters. The van der Waals surface area contributed by atoms with Crippen LogP contribution in [-0.4, -0.2) is 47.5 Å². The van der Waals surface area contributed by atoms with Crippen molar-refractivity contribution in [2.45, 2.75) is 38.6 Å². The number of aromatic hydroxyl groups is 1. The molecular weight excluding hydrogens is 457 g/mol. The van der Waals surface area contributed by atoms with Gasteiger partial charge in [0.15, 0.2) is 11.5 Å². The summed E-state index contributed by atoms with van der Waals surface area (Å²) < 4.78 is 0. The van der Waals surface area contributed by atoms with Gasteiger partial charge in [0.05, 0.1) is 26.8 Å². The monoisotopic (exact) mass is 485 g/mol. The lowest BCUT2D eigenvalue weighted by molar-refractivity contribution is 0.101. The molecule has 1 aromatic heterocycles. The van der Waals surface area contributed by atoms with Gasteiger partial charge in [-0.15, -0.1) is 0 Å². The molecule has 4 rings (SSSR count). The van der Waals surface area contributed by atoms with Gasteiger partial charge in [0, 0.05) is 24.2 Å². The van der Waals surface area contributed by atoms with Crippen LogP contribution in [0.1, 0.15) is 43.0 Å². The van der Waals surface area contributed by atoms with Crippen molar-refractivity contribution in [1.82, 2.24) is 9.88 Å². The predicted molar refractivity (Wildman–Crippen MR) is 137 cm³/mol. The van der Waals surface area contributed by atoms with Crippen LogP contribution in [0.5, 0.6) is 5.75 Å². The van der Waals surface area contributed by atoms with Crippen molar-refractivity contribution in [3.8, 4) is 16.9 Å². The second kappa shape index (κ2) is 9.88. The Hall–Kier alpha value is -2.34. The summed E-state index contributed by atoms with van der Waals surface area (Å²) in [6.07, 6.45) is 6.22. The van der Waals surface area contributed by atoms with E-state index < -0.39 is 0 Å². The SMILES string of the molecule is CC(=O)c1cnc2ccc(-c3cc(Cl)c(O)c(Cl)c3)cc2c1NC1CCCC(CN(C)C)C1. The Morgan fingerprint density at radius 2 is 1.88 bits per heavy atom. The zero-order valence-corrected chi connectivity index (χ0v) is 20.7. The second-order valence-corrected chi connectivity index (χ2v) is 10.1. The molecule has 1 aliphatic rings. The molecule has 5 nitrogen and oxygen atoms in total.